The molecule has 0 saturated heterocycles. The van der Waals surface area contributed by atoms with Crippen LogP contribution >= 0.6 is 21.6 Å². The average molecular weight is 347 g/mol. The van der Waals surface area contributed by atoms with E-state index in [0.717, 1.165) is 0 Å². The maximum Gasteiger partial charge on any atom is 0.414 e. The summed E-state index contributed by atoms with van der Waals surface area (Å²) in [4.78, 5) is 40.7. The second kappa shape index (κ2) is 10.7. The van der Waals surface area contributed by atoms with Gasteiger partial charge in [0.05, 0.1) is 5.56 Å². The van der Waals surface area contributed by atoms with Gasteiger partial charge in [0.2, 0.25) is 0 Å². The maximum absolute atomic E-state index is 11.6. The summed E-state index contributed by atoms with van der Waals surface area (Å²) < 4.78 is 4.81. The molecule has 2 amide bonds. The third-order valence-electron chi connectivity index (χ3n) is 1.99. The summed E-state index contributed by atoms with van der Waals surface area (Å²) in [5.41, 5.74) is 0.259. The number of carbonyl (C=O) groups excluding carboxylic acids is 2. The Labute approximate surface area is 133 Å². The number of alkyl carbamates (subject to hydrolysis) is 1. The molecule has 0 bridgehead atoms. The van der Waals surface area contributed by atoms with Crippen LogP contribution in [0.2, 0.25) is 0 Å². The molecule has 9 nitrogen and oxygen atoms in total. The lowest BCUT2D eigenvalue weighted by atomic mass is 10.3. The molecule has 11 heteroatoms. The minimum Gasteiger partial charge on any atom is -0.448 e. The van der Waals surface area contributed by atoms with E-state index in [1.54, 1.807) is 6.07 Å². The summed E-state index contributed by atoms with van der Waals surface area (Å²) in [6, 6.07) is 3.10. The molecule has 0 fully saturated rings. The van der Waals surface area contributed by atoms with E-state index < -0.39 is 17.1 Å². The van der Waals surface area contributed by atoms with Crippen molar-refractivity contribution < 1.29 is 24.3 Å². The molecule has 0 spiro atoms. The topological polar surface area (TPSA) is 121 Å². The van der Waals surface area contributed by atoms with E-state index in [4.69, 9.17) is 4.74 Å². The maximum atomic E-state index is 11.6. The number of aromatic nitrogens is 1. The Morgan fingerprint density at radius 1 is 1.32 bits per heavy atom. The van der Waals surface area contributed by atoms with Crippen LogP contribution in [0.15, 0.2) is 24.5 Å². The summed E-state index contributed by atoms with van der Waals surface area (Å²) in [7, 11) is 2.73. The Kier molecular flexibility index (Phi) is 8.76. The summed E-state index contributed by atoms with van der Waals surface area (Å²) in [6.07, 6.45) is 2.01. The molecular formula is C11H13N3O6S2. The van der Waals surface area contributed by atoms with Crippen molar-refractivity contribution in [3.63, 3.8) is 0 Å². The van der Waals surface area contributed by atoms with Gasteiger partial charge in [-0.05, 0) is 12.1 Å². The number of pyridine rings is 1. The molecule has 0 atom stereocenters. The summed E-state index contributed by atoms with van der Waals surface area (Å²) in [5.74, 6) is 0.340. The Hall–Kier alpha value is -2.01. The van der Waals surface area contributed by atoms with Gasteiger partial charge in [0, 0.05) is 23.9 Å². The second-order valence-electron chi connectivity index (χ2n) is 3.53. The molecule has 0 unspecified atom stereocenters. The van der Waals surface area contributed by atoms with E-state index in [1.807, 2.05) is 0 Å². The fourth-order valence-electron chi connectivity index (χ4n) is 1.13. The summed E-state index contributed by atoms with van der Waals surface area (Å²) >= 11 is 0. The minimum atomic E-state index is -0.849. The zero-order chi connectivity index (χ0) is 16.2. The van der Waals surface area contributed by atoms with Gasteiger partial charge in [0.25, 0.3) is 11.0 Å². The molecule has 0 saturated carbocycles. The third kappa shape index (κ3) is 8.32. The van der Waals surface area contributed by atoms with Crippen molar-refractivity contribution in [3.8, 4) is 0 Å². The smallest absolute Gasteiger partial charge is 0.414 e. The van der Waals surface area contributed by atoms with Crippen LogP contribution in [0.3, 0.4) is 0 Å². The highest BCUT2D eigenvalue weighted by Gasteiger charge is 2.10. The van der Waals surface area contributed by atoms with Gasteiger partial charge in [-0.3, -0.25) is 15.1 Å². The molecule has 22 heavy (non-hydrogen) atoms. The van der Waals surface area contributed by atoms with Crippen LogP contribution in [-0.4, -0.2) is 46.8 Å². The second-order valence-corrected chi connectivity index (χ2v) is 6.23. The van der Waals surface area contributed by atoms with E-state index in [0.29, 0.717) is 11.5 Å². The normalized spacial score (nSPS) is 9.82. The zero-order valence-electron chi connectivity index (χ0n) is 11.3. The molecule has 1 aromatic heterocycles. The van der Waals surface area contributed by atoms with Gasteiger partial charge in [-0.25, -0.2) is 4.79 Å². The Bertz CT molecular complexity index is 502. The standard InChI is InChI=1S/C11H13N3O6S2/c15-10(9-2-1-3-12-8-9)13-11(16)19-4-6-21-22-7-5-20-14(17)18/h1-3,8H,4-7H2,(H,13,15,16). The predicted molar refractivity (Wildman–Crippen MR) is 80.9 cm³/mol. The highest BCUT2D eigenvalue weighted by atomic mass is 33.1. The quantitative estimate of drug-likeness (QED) is 0.307. The average Bonchev–Trinajstić information content (AvgIpc) is 2.50. The molecular weight excluding hydrogens is 334 g/mol. The number of rotatable bonds is 9. The van der Waals surface area contributed by atoms with Crippen LogP contribution in [0.4, 0.5) is 4.79 Å². The highest BCUT2D eigenvalue weighted by Crippen LogP contribution is 2.20. The first-order chi connectivity index (χ1) is 10.6. The number of hydrogen-bond acceptors (Lipinski definition) is 9. The van der Waals surface area contributed by atoms with Crippen LogP contribution in [0.5, 0.6) is 0 Å². The van der Waals surface area contributed by atoms with Crippen LogP contribution in [0.1, 0.15) is 10.4 Å². The van der Waals surface area contributed by atoms with Gasteiger partial charge in [0.1, 0.15) is 13.2 Å². The predicted octanol–water partition coefficient (Wildman–Crippen LogP) is 1.54. The molecule has 0 aliphatic heterocycles. The van der Waals surface area contributed by atoms with Crippen LogP contribution in [0.25, 0.3) is 0 Å². The van der Waals surface area contributed by atoms with Crippen LogP contribution < -0.4 is 5.32 Å². The summed E-state index contributed by atoms with van der Waals surface area (Å²) in [6.45, 7) is 0.117. The number of ether oxygens (including phenoxy) is 1. The number of amides is 2. The Morgan fingerprint density at radius 3 is 2.68 bits per heavy atom. The lowest BCUT2D eigenvalue weighted by Crippen LogP contribution is -2.31. The van der Waals surface area contributed by atoms with Crippen molar-refractivity contribution in [2.24, 2.45) is 0 Å². The van der Waals surface area contributed by atoms with Crippen molar-refractivity contribution in [2.75, 3.05) is 24.7 Å². The Balaban J connectivity index is 2.04. The van der Waals surface area contributed by atoms with Crippen molar-refractivity contribution in [1.82, 2.24) is 10.3 Å². The highest BCUT2D eigenvalue weighted by molar-refractivity contribution is 8.76. The van der Waals surface area contributed by atoms with Gasteiger partial charge in [-0.15, -0.1) is 10.1 Å². The number of imide groups is 1. The van der Waals surface area contributed by atoms with Gasteiger partial charge in [-0.2, -0.15) is 0 Å². The van der Waals surface area contributed by atoms with Gasteiger partial charge >= 0.3 is 6.09 Å². The van der Waals surface area contributed by atoms with Crippen molar-refractivity contribution >= 4 is 33.6 Å². The van der Waals surface area contributed by atoms with Gasteiger partial charge < -0.3 is 9.57 Å². The number of hydrogen-bond donors (Lipinski definition) is 1. The molecule has 0 aliphatic rings. The molecule has 1 heterocycles. The Morgan fingerprint density at radius 2 is 2.05 bits per heavy atom. The van der Waals surface area contributed by atoms with E-state index in [1.165, 1.54) is 40.0 Å². The number of nitrogens with zero attached hydrogens (tertiary/aromatic N) is 2. The monoisotopic (exact) mass is 347 g/mol. The van der Waals surface area contributed by atoms with Gasteiger partial charge in [-0.1, -0.05) is 21.6 Å². The molecule has 1 aromatic rings. The van der Waals surface area contributed by atoms with Crippen LogP contribution in [0, 0.1) is 10.1 Å². The van der Waals surface area contributed by atoms with E-state index in [2.05, 4.69) is 15.1 Å². The van der Waals surface area contributed by atoms with Gasteiger partial charge in [0.15, 0.2) is 0 Å². The number of carbonyl (C=O) groups is 2. The largest absolute Gasteiger partial charge is 0.448 e. The minimum absolute atomic E-state index is 0.00558. The molecule has 1 rings (SSSR count). The first-order valence-electron chi connectivity index (χ1n) is 5.99. The first kappa shape index (κ1) is 18.0. The lowest BCUT2D eigenvalue weighted by molar-refractivity contribution is -0.756. The van der Waals surface area contributed by atoms with E-state index in [9.17, 15) is 19.7 Å². The van der Waals surface area contributed by atoms with E-state index >= 15 is 0 Å². The van der Waals surface area contributed by atoms with Crippen molar-refractivity contribution in [2.45, 2.75) is 0 Å². The lowest BCUT2D eigenvalue weighted by Gasteiger charge is -2.05. The molecule has 120 valence electrons. The molecule has 1 N–H and O–H groups in total. The van der Waals surface area contributed by atoms with Crippen molar-refractivity contribution in [3.05, 3.63) is 40.2 Å². The zero-order valence-corrected chi connectivity index (χ0v) is 12.9. The molecule has 0 radical (unpaired) electrons. The first-order valence-corrected chi connectivity index (χ1v) is 8.48. The molecule has 0 aromatic carbocycles. The van der Waals surface area contributed by atoms with Crippen LogP contribution in [-0.2, 0) is 9.57 Å². The SMILES string of the molecule is O=C(NC(=O)c1cccnc1)OCCSSCCO[N+](=O)[O-]. The fourth-order valence-corrected chi connectivity index (χ4v) is 2.78. The number of nitrogens with one attached hydrogen (secondary N) is 1. The fraction of sp³-hybridized carbons (Fsp3) is 0.364. The van der Waals surface area contributed by atoms with E-state index in [-0.39, 0.29) is 18.8 Å². The molecule has 0 aliphatic carbocycles. The summed E-state index contributed by atoms with van der Waals surface area (Å²) in [5, 5.41) is 11.1. The van der Waals surface area contributed by atoms with Crippen molar-refractivity contribution in [1.29, 1.82) is 0 Å². The third-order valence-corrected chi connectivity index (χ3v) is 4.32.